The van der Waals surface area contributed by atoms with E-state index >= 15 is 0 Å². The number of fused-ring (bicyclic) bond motifs is 1. The van der Waals surface area contributed by atoms with Crippen molar-refractivity contribution in [2.24, 2.45) is 17.8 Å². The highest BCUT2D eigenvalue weighted by atomic mass is 16.5. The summed E-state index contributed by atoms with van der Waals surface area (Å²) in [6.45, 7) is 18.0. The van der Waals surface area contributed by atoms with Gasteiger partial charge in [0.2, 0.25) is 0 Å². The van der Waals surface area contributed by atoms with Crippen molar-refractivity contribution in [1.82, 2.24) is 0 Å². The SMILES string of the molecule is Cc1c(C)c2c(c(C)c1O)CC(c1ccccc1)[C@](C)(CCC[C@H](C)CCC[C@@H](C)CCCC(C)C)O2. The fourth-order valence-corrected chi connectivity index (χ4v) is 6.44. The predicted molar refractivity (Wildman–Crippen MR) is 159 cm³/mol. The number of hydrogen-bond donors (Lipinski definition) is 1. The zero-order valence-corrected chi connectivity index (χ0v) is 25.1. The van der Waals surface area contributed by atoms with Crippen LogP contribution in [0.4, 0.5) is 0 Å². The molecule has 0 bridgehead atoms. The van der Waals surface area contributed by atoms with Gasteiger partial charge >= 0.3 is 0 Å². The molecule has 0 spiro atoms. The third-order valence-corrected chi connectivity index (χ3v) is 9.27. The van der Waals surface area contributed by atoms with Crippen LogP contribution in [0.1, 0.15) is 126 Å². The maximum atomic E-state index is 10.7. The molecule has 1 N–H and O–H groups in total. The second-order valence-electron chi connectivity index (χ2n) is 13.0. The lowest BCUT2D eigenvalue weighted by Gasteiger charge is -2.44. The Balaban J connectivity index is 1.62. The molecular formula is C35H54O2. The summed E-state index contributed by atoms with van der Waals surface area (Å²) in [7, 11) is 0. The molecule has 2 heteroatoms. The van der Waals surface area contributed by atoms with Crippen molar-refractivity contribution in [3.63, 3.8) is 0 Å². The van der Waals surface area contributed by atoms with Crippen molar-refractivity contribution in [2.45, 2.75) is 131 Å². The van der Waals surface area contributed by atoms with Crippen LogP contribution in [0.5, 0.6) is 11.5 Å². The first-order valence-electron chi connectivity index (χ1n) is 15.1. The van der Waals surface area contributed by atoms with Crippen molar-refractivity contribution in [3.05, 3.63) is 58.1 Å². The monoisotopic (exact) mass is 506 g/mol. The first-order chi connectivity index (χ1) is 17.5. The Hall–Kier alpha value is -1.96. The van der Waals surface area contributed by atoms with E-state index in [1.54, 1.807) is 0 Å². The highest BCUT2D eigenvalue weighted by molar-refractivity contribution is 5.59. The van der Waals surface area contributed by atoms with Gasteiger partial charge in [0.15, 0.2) is 0 Å². The minimum atomic E-state index is -0.250. The van der Waals surface area contributed by atoms with Crippen molar-refractivity contribution in [1.29, 1.82) is 0 Å². The Bertz CT molecular complexity index is 992. The van der Waals surface area contributed by atoms with Gasteiger partial charge in [0.25, 0.3) is 0 Å². The van der Waals surface area contributed by atoms with E-state index in [9.17, 15) is 5.11 Å². The Morgan fingerprint density at radius 3 is 1.97 bits per heavy atom. The van der Waals surface area contributed by atoms with Gasteiger partial charge in [-0.05, 0) is 87.0 Å². The molecule has 1 aliphatic rings. The molecule has 0 aliphatic carbocycles. The molecule has 0 fully saturated rings. The standard InChI is InChI=1S/C35H54O2/c1-24(2)15-12-16-25(3)17-13-18-26(4)19-14-22-35(8)32(30-20-10-9-11-21-30)23-31-29(7)33(36)27(5)28(6)34(31)37-35/h9-11,20-21,24-26,32,36H,12-19,22-23H2,1-8H3/t25-,26+,32?,35-/m0/s1. The van der Waals surface area contributed by atoms with Gasteiger partial charge in [-0.25, -0.2) is 0 Å². The van der Waals surface area contributed by atoms with Crippen LogP contribution in [-0.2, 0) is 6.42 Å². The molecule has 206 valence electrons. The summed E-state index contributed by atoms with van der Waals surface area (Å²) in [5.74, 6) is 4.19. The fraction of sp³-hybridized carbons (Fsp3) is 0.657. The lowest BCUT2D eigenvalue weighted by atomic mass is 9.73. The number of phenols is 1. The summed E-state index contributed by atoms with van der Waals surface area (Å²) in [6, 6.07) is 10.9. The average Bonchev–Trinajstić information content (AvgIpc) is 2.86. The van der Waals surface area contributed by atoms with Crippen molar-refractivity contribution in [2.75, 3.05) is 0 Å². The minimum absolute atomic E-state index is 0.250. The molecule has 0 saturated heterocycles. The Morgan fingerprint density at radius 2 is 1.38 bits per heavy atom. The summed E-state index contributed by atoms with van der Waals surface area (Å²) in [5, 5.41) is 10.7. The van der Waals surface area contributed by atoms with E-state index in [4.69, 9.17) is 4.74 Å². The van der Waals surface area contributed by atoms with E-state index < -0.39 is 0 Å². The molecule has 3 rings (SSSR count). The van der Waals surface area contributed by atoms with Crippen molar-refractivity contribution >= 4 is 0 Å². The molecule has 0 saturated carbocycles. The summed E-state index contributed by atoms with van der Waals surface area (Å²) >= 11 is 0. The summed E-state index contributed by atoms with van der Waals surface area (Å²) < 4.78 is 6.97. The summed E-state index contributed by atoms with van der Waals surface area (Å²) in [6.07, 6.45) is 12.7. The van der Waals surface area contributed by atoms with Crippen molar-refractivity contribution in [3.8, 4) is 11.5 Å². The quantitative estimate of drug-likeness (QED) is 0.293. The van der Waals surface area contributed by atoms with Gasteiger partial charge in [0, 0.05) is 11.5 Å². The Labute approximate surface area is 228 Å². The smallest absolute Gasteiger partial charge is 0.127 e. The summed E-state index contributed by atoms with van der Waals surface area (Å²) in [4.78, 5) is 0. The third-order valence-electron chi connectivity index (χ3n) is 9.27. The molecule has 1 unspecified atom stereocenters. The zero-order chi connectivity index (χ0) is 27.2. The number of ether oxygens (including phenoxy) is 1. The van der Waals surface area contributed by atoms with E-state index in [0.29, 0.717) is 5.75 Å². The lowest BCUT2D eigenvalue weighted by Crippen LogP contribution is -2.44. The van der Waals surface area contributed by atoms with E-state index in [2.05, 4.69) is 71.9 Å². The molecule has 2 nitrogen and oxygen atoms in total. The molecule has 1 heterocycles. The van der Waals surface area contributed by atoms with Gasteiger partial charge in [-0.3, -0.25) is 0 Å². The molecule has 2 aromatic carbocycles. The highest BCUT2D eigenvalue weighted by Crippen LogP contribution is 2.50. The van der Waals surface area contributed by atoms with Gasteiger partial charge in [-0.2, -0.15) is 0 Å². The molecule has 0 amide bonds. The number of rotatable bonds is 13. The normalized spacial score (nSPS) is 20.9. The van der Waals surface area contributed by atoms with Crippen LogP contribution >= 0.6 is 0 Å². The van der Waals surface area contributed by atoms with Gasteiger partial charge in [0.1, 0.15) is 17.1 Å². The van der Waals surface area contributed by atoms with E-state index in [0.717, 1.165) is 53.0 Å². The number of phenolic OH excluding ortho intramolecular Hbond substituents is 1. The Kier molecular flexibility index (Phi) is 10.6. The van der Waals surface area contributed by atoms with Crippen LogP contribution in [0.15, 0.2) is 30.3 Å². The maximum absolute atomic E-state index is 10.7. The minimum Gasteiger partial charge on any atom is -0.507 e. The number of aromatic hydroxyl groups is 1. The van der Waals surface area contributed by atoms with Crippen LogP contribution in [0.3, 0.4) is 0 Å². The molecule has 2 aromatic rings. The van der Waals surface area contributed by atoms with E-state index in [1.165, 1.54) is 62.5 Å². The second kappa shape index (κ2) is 13.2. The topological polar surface area (TPSA) is 29.5 Å². The molecular weight excluding hydrogens is 452 g/mol. The third kappa shape index (κ3) is 7.55. The first-order valence-corrected chi connectivity index (χ1v) is 15.1. The predicted octanol–water partition coefficient (Wildman–Crippen LogP) is 10.2. The van der Waals surface area contributed by atoms with Crippen molar-refractivity contribution < 1.29 is 9.84 Å². The van der Waals surface area contributed by atoms with Crippen LogP contribution < -0.4 is 4.74 Å². The lowest BCUT2D eigenvalue weighted by molar-refractivity contribution is 0.0296. The van der Waals surface area contributed by atoms with E-state index in [1.807, 2.05) is 13.8 Å². The summed E-state index contributed by atoms with van der Waals surface area (Å²) in [5.41, 5.74) is 5.29. The van der Waals surface area contributed by atoms with E-state index in [-0.39, 0.29) is 11.5 Å². The molecule has 1 aliphatic heterocycles. The molecule has 0 aromatic heterocycles. The average molecular weight is 507 g/mol. The molecule has 37 heavy (non-hydrogen) atoms. The zero-order valence-electron chi connectivity index (χ0n) is 25.1. The van der Waals surface area contributed by atoms with Crippen LogP contribution in [0.25, 0.3) is 0 Å². The van der Waals surface area contributed by atoms with Crippen LogP contribution in [0, 0.1) is 38.5 Å². The van der Waals surface area contributed by atoms with Gasteiger partial charge in [-0.15, -0.1) is 0 Å². The Morgan fingerprint density at radius 1 is 0.811 bits per heavy atom. The van der Waals surface area contributed by atoms with Crippen LogP contribution in [-0.4, -0.2) is 10.7 Å². The van der Waals surface area contributed by atoms with Crippen LogP contribution in [0.2, 0.25) is 0 Å². The van der Waals surface area contributed by atoms with Gasteiger partial charge < -0.3 is 9.84 Å². The fourth-order valence-electron chi connectivity index (χ4n) is 6.44. The second-order valence-corrected chi connectivity index (χ2v) is 13.0. The first kappa shape index (κ1) is 29.6. The maximum Gasteiger partial charge on any atom is 0.127 e. The highest BCUT2D eigenvalue weighted by Gasteiger charge is 2.43. The molecule has 4 atom stereocenters. The van der Waals surface area contributed by atoms with Gasteiger partial charge in [-0.1, -0.05) is 103 Å². The largest absolute Gasteiger partial charge is 0.507 e. The number of hydrogen-bond acceptors (Lipinski definition) is 2. The number of benzene rings is 2. The molecule has 0 radical (unpaired) electrons. The van der Waals surface area contributed by atoms with Gasteiger partial charge in [0.05, 0.1) is 0 Å².